The van der Waals surface area contributed by atoms with E-state index >= 15 is 0 Å². The molecule has 1 saturated heterocycles. The van der Waals surface area contributed by atoms with E-state index in [2.05, 4.69) is 18.2 Å². The molecule has 0 saturated carbocycles. The summed E-state index contributed by atoms with van der Waals surface area (Å²) >= 11 is 0. The highest BCUT2D eigenvalue weighted by atomic mass is 16.5. The summed E-state index contributed by atoms with van der Waals surface area (Å²) < 4.78 is 11.6. The number of rotatable bonds is 2. The van der Waals surface area contributed by atoms with E-state index in [4.69, 9.17) is 9.47 Å². The second-order valence-electron chi connectivity index (χ2n) is 6.92. The average Bonchev–Trinajstić information content (AvgIpc) is 2.68. The number of likely N-dealkylation sites (tertiary alicyclic amines) is 1. The van der Waals surface area contributed by atoms with Crippen LogP contribution in [-0.4, -0.2) is 36.6 Å². The highest BCUT2D eigenvalue weighted by Crippen LogP contribution is 2.39. The first-order chi connectivity index (χ1) is 12.2. The van der Waals surface area contributed by atoms with Crippen LogP contribution < -0.4 is 9.47 Å². The molecular formula is C21H23NO3. The molecule has 1 fully saturated rings. The van der Waals surface area contributed by atoms with Gasteiger partial charge < -0.3 is 14.4 Å². The van der Waals surface area contributed by atoms with Gasteiger partial charge in [0.2, 0.25) is 0 Å². The maximum Gasteiger partial charge on any atom is 0.253 e. The molecule has 0 aromatic heterocycles. The van der Waals surface area contributed by atoms with E-state index in [0.717, 1.165) is 44.5 Å². The maximum atomic E-state index is 12.8. The van der Waals surface area contributed by atoms with Gasteiger partial charge in [0.05, 0.1) is 7.11 Å². The smallest absolute Gasteiger partial charge is 0.253 e. The maximum absolute atomic E-state index is 12.8. The zero-order chi connectivity index (χ0) is 17.3. The van der Waals surface area contributed by atoms with E-state index in [1.165, 1.54) is 5.56 Å². The number of para-hydroxylation sites is 1. The topological polar surface area (TPSA) is 38.8 Å². The number of hydrogen-bond acceptors (Lipinski definition) is 3. The quantitative estimate of drug-likeness (QED) is 0.839. The Bertz CT molecular complexity index is 778. The number of benzene rings is 2. The van der Waals surface area contributed by atoms with Crippen molar-refractivity contribution in [3.8, 4) is 11.5 Å². The van der Waals surface area contributed by atoms with E-state index in [9.17, 15) is 4.79 Å². The van der Waals surface area contributed by atoms with Crippen molar-refractivity contribution in [2.24, 2.45) is 0 Å². The fourth-order valence-electron chi connectivity index (χ4n) is 3.86. The molecular weight excluding hydrogens is 314 g/mol. The molecule has 0 unspecified atom stereocenters. The highest BCUT2D eigenvalue weighted by Gasteiger charge is 2.40. The predicted octanol–water partition coefficient (Wildman–Crippen LogP) is 3.70. The number of fused-ring (bicyclic) bond motifs is 1. The summed E-state index contributed by atoms with van der Waals surface area (Å²) in [6.45, 7) is 1.47. The lowest BCUT2D eigenvalue weighted by atomic mass is 9.83. The number of ether oxygens (including phenoxy) is 2. The first kappa shape index (κ1) is 16.0. The molecule has 2 aliphatic rings. The lowest BCUT2D eigenvalue weighted by Gasteiger charge is -2.44. The largest absolute Gasteiger partial charge is 0.497 e. The molecule has 4 nitrogen and oxygen atoms in total. The summed E-state index contributed by atoms with van der Waals surface area (Å²) in [6.07, 6.45) is 3.86. The standard InChI is InChI=1S/C21H23NO3/c1-24-18-7-4-6-17(15-18)20(23)22-13-11-21(12-14-22)10-9-16-5-2-3-8-19(16)25-21/h2-8,15H,9-14H2,1H3. The van der Waals surface area contributed by atoms with Gasteiger partial charge in [-0.15, -0.1) is 0 Å². The average molecular weight is 337 g/mol. The van der Waals surface area contributed by atoms with Crippen molar-refractivity contribution >= 4 is 5.91 Å². The monoisotopic (exact) mass is 337 g/mol. The Hall–Kier alpha value is -2.49. The number of amides is 1. The number of aryl methyl sites for hydroxylation is 1. The van der Waals surface area contributed by atoms with Crippen molar-refractivity contribution in [1.82, 2.24) is 4.90 Å². The highest BCUT2D eigenvalue weighted by molar-refractivity contribution is 5.94. The summed E-state index contributed by atoms with van der Waals surface area (Å²) in [5.41, 5.74) is 1.87. The molecule has 0 radical (unpaired) electrons. The molecule has 25 heavy (non-hydrogen) atoms. The third kappa shape index (κ3) is 3.09. The predicted molar refractivity (Wildman–Crippen MR) is 96.3 cm³/mol. The Labute approximate surface area is 148 Å². The van der Waals surface area contributed by atoms with Gasteiger partial charge in [-0.3, -0.25) is 4.79 Å². The fourth-order valence-corrected chi connectivity index (χ4v) is 3.86. The van der Waals surface area contributed by atoms with E-state index in [0.29, 0.717) is 11.3 Å². The summed E-state index contributed by atoms with van der Waals surface area (Å²) in [5.74, 6) is 1.80. The molecule has 2 aromatic rings. The fraction of sp³-hybridized carbons (Fsp3) is 0.381. The molecule has 2 aliphatic heterocycles. The van der Waals surface area contributed by atoms with Crippen molar-refractivity contribution < 1.29 is 14.3 Å². The Morgan fingerprint density at radius 2 is 1.88 bits per heavy atom. The molecule has 4 rings (SSSR count). The molecule has 0 aliphatic carbocycles. The van der Waals surface area contributed by atoms with Crippen LogP contribution in [-0.2, 0) is 6.42 Å². The summed E-state index contributed by atoms with van der Waals surface area (Å²) in [6, 6.07) is 15.7. The van der Waals surface area contributed by atoms with Gasteiger partial charge in [-0.05, 0) is 42.7 Å². The normalized spacial score (nSPS) is 18.4. The first-order valence-electron chi connectivity index (χ1n) is 8.89. The summed E-state index contributed by atoms with van der Waals surface area (Å²) in [7, 11) is 1.62. The summed E-state index contributed by atoms with van der Waals surface area (Å²) in [4.78, 5) is 14.7. The van der Waals surface area contributed by atoms with Crippen LogP contribution in [0.1, 0.15) is 35.2 Å². The van der Waals surface area contributed by atoms with Gasteiger partial charge in [0.15, 0.2) is 0 Å². The first-order valence-corrected chi connectivity index (χ1v) is 8.89. The Balaban J connectivity index is 1.44. The molecule has 1 spiro atoms. The second-order valence-corrected chi connectivity index (χ2v) is 6.92. The van der Waals surface area contributed by atoms with Gasteiger partial charge in [0.1, 0.15) is 17.1 Å². The lowest BCUT2D eigenvalue weighted by molar-refractivity contribution is -0.0107. The SMILES string of the molecule is COc1cccc(C(=O)N2CCC3(CCc4ccccc4O3)CC2)c1. The van der Waals surface area contributed by atoms with Gasteiger partial charge in [0, 0.05) is 31.5 Å². The molecule has 130 valence electrons. The molecule has 0 bridgehead atoms. The Kier molecular flexibility index (Phi) is 4.12. The van der Waals surface area contributed by atoms with Crippen molar-refractivity contribution in [2.45, 2.75) is 31.3 Å². The lowest BCUT2D eigenvalue weighted by Crippen LogP contribution is -2.51. The Morgan fingerprint density at radius 3 is 2.68 bits per heavy atom. The van der Waals surface area contributed by atoms with Crippen molar-refractivity contribution in [3.05, 3.63) is 59.7 Å². The minimum atomic E-state index is -0.112. The van der Waals surface area contributed by atoms with Crippen LogP contribution >= 0.6 is 0 Å². The van der Waals surface area contributed by atoms with E-state index < -0.39 is 0 Å². The number of carbonyl (C=O) groups excluding carboxylic acids is 1. The van der Waals surface area contributed by atoms with Gasteiger partial charge in [-0.1, -0.05) is 24.3 Å². The van der Waals surface area contributed by atoms with Gasteiger partial charge in [-0.2, -0.15) is 0 Å². The van der Waals surface area contributed by atoms with Crippen LogP contribution in [0.3, 0.4) is 0 Å². The second kappa shape index (κ2) is 6.43. The molecule has 1 amide bonds. The van der Waals surface area contributed by atoms with E-state index in [1.807, 2.05) is 29.2 Å². The zero-order valence-corrected chi connectivity index (χ0v) is 14.5. The van der Waals surface area contributed by atoms with Crippen LogP contribution in [0, 0.1) is 0 Å². The van der Waals surface area contributed by atoms with Gasteiger partial charge in [-0.25, -0.2) is 0 Å². The molecule has 2 aromatic carbocycles. The van der Waals surface area contributed by atoms with Crippen LogP contribution in [0.25, 0.3) is 0 Å². The number of piperidine rings is 1. The van der Waals surface area contributed by atoms with E-state index in [1.54, 1.807) is 13.2 Å². The number of hydrogen-bond donors (Lipinski definition) is 0. The molecule has 4 heteroatoms. The number of nitrogens with zero attached hydrogens (tertiary/aromatic N) is 1. The van der Waals surface area contributed by atoms with Crippen LogP contribution in [0.5, 0.6) is 11.5 Å². The summed E-state index contributed by atoms with van der Waals surface area (Å²) in [5, 5.41) is 0. The molecule has 0 atom stereocenters. The van der Waals surface area contributed by atoms with Crippen molar-refractivity contribution in [3.63, 3.8) is 0 Å². The number of carbonyl (C=O) groups is 1. The third-order valence-corrected chi connectivity index (χ3v) is 5.43. The Morgan fingerprint density at radius 1 is 1.08 bits per heavy atom. The minimum Gasteiger partial charge on any atom is -0.497 e. The van der Waals surface area contributed by atoms with Crippen LogP contribution in [0.2, 0.25) is 0 Å². The van der Waals surface area contributed by atoms with Crippen molar-refractivity contribution in [2.75, 3.05) is 20.2 Å². The van der Waals surface area contributed by atoms with Crippen LogP contribution in [0.4, 0.5) is 0 Å². The molecule has 2 heterocycles. The molecule has 0 N–H and O–H groups in total. The van der Waals surface area contributed by atoms with Gasteiger partial charge >= 0.3 is 0 Å². The van der Waals surface area contributed by atoms with Gasteiger partial charge in [0.25, 0.3) is 5.91 Å². The minimum absolute atomic E-state index is 0.0740. The third-order valence-electron chi connectivity index (χ3n) is 5.43. The van der Waals surface area contributed by atoms with Crippen molar-refractivity contribution in [1.29, 1.82) is 0 Å². The van der Waals surface area contributed by atoms with Crippen LogP contribution in [0.15, 0.2) is 48.5 Å². The van der Waals surface area contributed by atoms with E-state index in [-0.39, 0.29) is 11.5 Å². The zero-order valence-electron chi connectivity index (χ0n) is 14.5. The number of methoxy groups -OCH3 is 1.